The fourth-order valence-electron chi connectivity index (χ4n) is 1.34. The number of alkyl carbamates (subject to hydrolysis) is 1. The fourth-order valence-corrected chi connectivity index (χ4v) is 1.88. The number of nitrogens with one attached hydrogen (secondary N) is 1. The Kier molecular flexibility index (Phi) is 4.08. The van der Waals surface area contributed by atoms with Crippen LogP contribution in [-0.2, 0) is 4.74 Å². The third-order valence-electron chi connectivity index (χ3n) is 1.96. The molecular weight excluding hydrogens is 260 g/mol. The number of rotatable bonds is 1. The van der Waals surface area contributed by atoms with Gasteiger partial charge >= 0.3 is 6.09 Å². The highest BCUT2D eigenvalue weighted by atomic mass is 35.5. The highest BCUT2D eigenvalue weighted by Gasteiger charge is 2.24. The Labute approximate surface area is 103 Å². The molecule has 2 rings (SSSR count). The van der Waals surface area contributed by atoms with Crippen molar-refractivity contribution in [3.05, 3.63) is 33.8 Å². The quantitative estimate of drug-likeness (QED) is 0.849. The van der Waals surface area contributed by atoms with Crippen LogP contribution in [0.1, 0.15) is 11.6 Å². The van der Waals surface area contributed by atoms with Gasteiger partial charge in [0, 0.05) is 10.0 Å². The molecule has 82 valence electrons. The van der Waals surface area contributed by atoms with Crippen molar-refractivity contribution >= 4 is 41.7 Å². The number of carbonyl (C=O) groups excluding carboxylic acids is 1. The van der Waals surface area contributed by atoms with Crippen molar-refractivity contribution in [3.63, 3.8) is 0 Å². The minimum absolute atomic E-state index is 0. The second-order valence-electron chi connectivity index (χ2n) is 3.00. The van der Waals surface area contributed by atoms with Crippen molar-refractivity contribution in [2.24, 2.45) is 0 Å². The molecule has 1 heterocycles. The Balaban J connectivity index is 0.00000112. The lowest BCUT2D eigenvalue weighted by molar-refractivity contribution is 0.177. The Morgan fingerprint density at radius 3 is 2.33 bits per heavy atom. The van der Waals surface area contributed by atoms with E-state index in [4.69, 9.17) is 27.9 Å². The van der Waals surface area contributed by atoms with Crippen LogP contribution in [0, 0.1) is 0 Å². The third kappa shape index (κ3) is 2.91. The van der Waals surface area contributed by atoms with Crippen LogP contribution in [0.2, 0.25) is 10.0 Å². The average Bonchev–Trinajstić information content (AvgIpc) is 2.50. The van der Waals surface area contributed by atoms with E-state index in [9.17, 15) is 4.79 Å². The van der Waals surface area contributed by atoms with Gasteiger partial charge < -0.3 is 10.1 Å². The molecule has 1 aromatic rings. The van der Waals surface area contributed by atoms with Gasteiger partial charge in [-0.25, -0.2) is 4.79 Å². The number of hydrogen-bond donors (Lipinski definition) is 1. The van der Waals surface area contributed by atoms with Gasteiger partial charge in [-0.2, -0.15) is 0 Å². The van der Waals surface area contributed by atoms with Gasteiger partial charge in [-0.3, -0.25) is 0 Å². The lowest BCUT2D eigenvalue weighted by atomic mass is 10.1. The van der Waals surface area contributed by atoms with E-state index < -0.39 is 6.09 Å². The molecule has 1 saturated heterocycles. The molecule has 0 aromatic heterocycles. The summed E-state index contributed by atoms with van der Waals surface area (Å²) in [5, 5.41) is 3.75. The number of amides is 1. The number of halogens is 3. The number of cyclic esters (lactones) is 1. The Morgan fingerprint density at radius 2 is 1.87 bits per heavy atom. The summed E-state index contributed by atoms with van der Waals surface area (Å²) < 4.78 is 4.76. The molecule has 0 unspecified atom stereocenters. The minimum Gasteiger partial charge on any atom is -0.447 e. The van der Waals surface area contributed by atoms with Gasteiger partial charge in [0.15, 0.2) is 0 Å². The summed E-state index contributed by atoms with van der Waals surface area (Å²) in [6, 6.07) is 5.00. The van der Waals surface area contributed by atoms with Crippen LogP contribution in [0.15, 0.2) is 18.2 Å². The number of carbonyl (C=O) groups is 1. The summed E-state index contributed by atoms with van der Waals surface area (Å²) in [5.41, 5.74) is 0.855. The van der Waals surface area contributed by atoms with Gasteiger partial charge in [0.25, 0.3) is 0 Å². The molecule has 0 bridgehead atoms. The topological polar surface area (TPSA) is 38.3 Å². The second-order valence-corrected chi connectivity index (χ2v) is 3.87. The van der Waals surface area contributed by atoms with Gasteiger partial charge in [0.05, 0.1) is 6.04 Å². The molecule has 1 atom stereocenters. The first-order valence-electron chi connectivity index (χ1n) is 4.04. The fraction of sp³-hybridized carbons (Fsp3) is 0.222. The molecule has 1 amide bonds. The molecule has 1 N–H and O–H groups in total. The highest BCUT2D eigenvalue weighted by Crippen LogP contribution is 2.25. The number of hydrogen-bond acceptors (Lipinski definition) is 2. The monoisotopic (exact) mass is 267 g/mol. The predicted octanol–water partition coefficient (Wildman–Crippen LogP) is 3.20. The first-order chi connectivity index (χ1) is 6.65. The molecular formula is C9H8Cl3NO2. The van der Waals surface area contributed by atoms with E-state index in [1.807, 2.05) is 0 Å². The molecule has 0 aliphatic carbocycles. The summed E-state index contributed by atoms with van der Waals surface area (Å²) in [4.78, 5) is 10.8. The maximum Gasteiger partial charge on any atom is 0.407 e. The molecule has 3 nitrogen and oxygen atoms in total. The Bertz CT molecular complexity index is 363. The van der Waals surface area contributed by atoms with Crippen molar-refractivity contribution in [2.45, 2.75) is 6.04 Å². The normalized spacial score (nSPS) is 19.1. The van der Waals surface area contributed by atoms with Crippen molar-refractivity contribution in [3.8, 4) is 0 Å². The Hall–Kier alpha value is -0.640. The first kappa shape index (κ1) is 12.4. The van der Waals surface area contributed by atoms with E-state index in [1.165, 1.54) is 0 Å². The molecule has 1 aliphatic heterocycles. The number of benzene rings is 1. The van der Waals surface area contributed by atoms with E-state index >= 15 is 0 Å². The maximum atomic E-state index is 10.8. The van der Waals surface area contributed by atoms with Crippen molar-refractivity contribution in [2.75, 3.05) is 6.61 Å². The molecule has 15 heavy (non-hydrogen) atoms. The molecule has 0 radical (unpaired) electrons. The second kappa shape index (κ2) is 4.92. The van der Waals surface area contributed by atoms with Crippen molar-refractivity contribution in [1.82, 2.24) is 5.32 Å². The van der Waals surface area contributed by atoms with E-state index in [0.717, 1.165) is 5.56 Å². The zero-order valence-electron chi connectivity index (χ0n) is 7.50. The van der Waals surface area contributed by atoms with Gasteiger partial charge in [0.2, 0.25) is 0 Å². The van der Waals surface area contributed by atoms with Crippen molar-refractivity contribution < 1.29 is 9.53 Å². The van der Waals surface area contributed by atoms with Crippen LogP contribution in [0.25, 0.3) is 0 Å². The molecule has 6 heteroatoms. The predicted molar refractivity (Wildman–Crippen MR) is 60.9 cm³/mol. The van der Waals surface area contributed by atoms with Gasteiger partial charge in [0.1, 0.15) is 6.61 Å². The SMILES string of the molecule is Cl.O=C1N[C@@H](c2cc(Cl)cc(Cl)c2)CO1. The summed E-state index contributed by atoms with van der Waals surface area (Å²) in [6.45, 7) is 0.315. The minimum atomic E-state index is -0.411. The average molecular weight is 269 g/mol. The largest absolute Gasteiger partial charge is 0.447 e. The zero-order chi connectivity index (χ0) is 10.1. The standard InChI is InChI=1S/C9H7Cl2NO2.ClH/c10-6-1-5(2-7(11)3-6)8-4-14-9(13)12-8;/h1-3,8H,4H2,(H,12,13);1H/t8-;/m1./s1. The summed E-state index contributed by atoms with van der Waals surface area (Å²) in [7, 11) is 0. The number of ether oxygens (including phenoxy) is 1. The van der Waals surface area contributed by atoms with Gasteiger partial charge in [-0.15, -0.1) is 12.4 Å². The molecule has 0 spiro atoms. The molecule has 1 aliphatic rings. The molecule has 1 fully saturated rings. The van der Waals surface area contributed by atoms with Crippen LogP contribution in [-0.4, -0.2) is 12.7 Å². The lowest BCUT2D eigenvalue weighted by Crippen LogP contribution is -2.18. The van der Waals surface area contributed by atoms with Crippen LogP contribution in [0.5, 0.6) is 0 Å². The summed E-state index contributed by atoms with van der Waals surface area (Å²) in [5.74, 6) is 0. The van der Waals surface area contributed by atoms with E-state index in [-0.39, 0.29) is 18.4 Å². The summed E-state index contributed by atoms with van der Waals surface area (Å²) >= 11 is 11.7. The third-order valence-corrected chi connectivity index (χ3v) is 2.40. The molecule has 1 aromatic carbocycles. The van der Waals surface area contributed by atoms with E-state index in [2.05, 4.69) is 5.32 Å². The highest BCUT2D eigenvalue weighted by molar-refractivity contribution is 6.34. The molecule has 0 saturated carbocycles. The van der Waals surface area contributed by atoms with Gasteiger partial charge in [-0.1, -0.05) is 23.2 Å². The van der Waals surface area contributed by atoms with Crippen LogP contribution < -0.4 is 5.32 Å². The van der Waals surface area contributed by atoms with Crippen LogP contribution in [0.4, 0.5) is 4.79 Å². The lowest BCUT2D eigenvalue weighted by Gasteiger charge is -2.08. The first-order valence-corrected chi connectivity index (χ1v) is 4.80. The van der Waals surface area contributed by atoms with E-state index in [0.29, 0.717) is 16.7 Å². The smallest absolute Gasteiger partial charge is 0.407 e. The Morgan fingerprint density at radius 1 is 1.27 bits per heavy atom. The summed E-state index contributed by atoms with van der Waals surface area (Å²) in [6.07, 6.45) is -0.411. The van der Waals surface area contributed by atoms with Crippen molar-refractivity contribution in [1.29, 1.82) is 0 Å². The van der Waals surface area contributed by atoms with E-state index in [1.54, 1.807) is 18.2 Å². The van der Waals surface area contributed by atoms with Crippen LogP contribution in [0.3, 0.4) is 0 Å². The maximum absolute atomic E-state index is 10.8. The van der Waals surface area contributed by atoms with Gasteiger partial charge in [-0.05, 0) is 23.8 Å². The van der Waals surface area contributed by atoms with Crippen LogP contribution >= 0.6 is 35.6 Å². The zero-order valence-corrected chi connectivity index (χ0v) is 9.83.